The smallest absolute Gasteiger partial charge is 0.129 e. The van der Waals surface area contributed by atoms with E-state index in [0.29, 0.717) is 6.04 Å². The molecule has 0 bridgehead atoms. The van der Waals surface area contributed by atoms with Gasteiger partial charge in [0.2, 0.25) is 0 Å². The molecule has 0 amide bonds. The maximum Gasteiger partial charge on any atom is 0.129 e. The summed E-state index contributed by atoms with van der Waals surface area (Å²) >= 11 is 7.57. The van der Waals surface area contributed by atoms with Crippen molar-refractivity contribution in [2.75, 3.05) is 5.32 Å². The minimum atomic E-state index is 0.489. The Morgan fingerprint density at radius 3 is 2.63 bits per heavy atom. The SMILES string of the molecule is CC1CC(C)CC(Nc2c(Cl)ccc3nsnc23)C1. The highest BCUT2D eigenvalue weighted by Crippen LogP contribution is 2.35. The van der Waals surface area contributed by atoms with Crippen LogP contribution in [0.1, 0.15) is 33.1 Å². The van der Waals surface area contributed by atoms with Gasteiger partial charge in [-0.15, -0.1) is 0 Å². The van der Waals surface area contributed by atoms with Gasteiger partial charge in [0.05, 0.1) is 22.4 Å². The van der Waals surface area contributed by atoms with E-state index in [1.807, 2.05) is 12.1 Å². The van der Waals surface area contributed by atoms with Crippen molar-refractivity contribution in [1.29, 1.82) is 0 Å². The highest BCUT2D eigenvalue weighted by atomic mass is 35.5. The first kappa shape index (κ1) is 13.1. The predicted octanol–water partition coefficient (Wildman–Crippen LogP) is 4.58. The molecule has 3 rings (SSSR count). The molecule has 1 heterocycles. The first-order valence-electron chi connectivity index (χ1n) is 6.80. The summed E-state index contributed by atoms with van der Waals surface area (Å²) in [6, 6.07) is 4.32. The van der Waals surface area contributed by atoms with Crippen LogP contribution in [0.5, 0.6) is 0 Å². The number of fused-ring (bicyclic) bond motifs is 1. The standard InChI is InChI=1S/C14H18ClN3S/c1-8-5-9(2)7-10(6-8)16-13-11(15)3-4-12-14(13)18-19-17-12/h3-4,8-10,16H,5-7H2,1-2H3. The van der Waals surface area contributed by atoms with Gasteiger partial charge in [0.25, 0.3) is 0 Å². The Labute approximate surface area is 122 Å². The quantitative estimate of drug-likeness (QED) is 0.881. The molecule has 3 nitrogen and oxygen atoms in total. The zero-order chi connectivity index (χ0) is 13.4. The van der Waals surface area contributed by atoms with E-state index in [1.54, 1.807) is 0 Å². The second-order valence-corrected chi connectivity index (χ2v) is 6.75. The molecule has 2 atom stereocenters. The van der Waals surface area contributed by atoms with Crippen molar-refractivity contribution in [3.63, 3.8) is 0 Å². The summed E-state index contributed by atoms with van der Waals surface area (Å²) in [5, 5.41) is 4.35. The third-order valence-corrected chi connectivity index (χ3v) is 4.76. The van der Waals surface area contributed by atoms with E-state index in [1.165, 1.54) is 31.0 Å². The van der Waals surface area contributed by atoms with Crippen molar-refractivity contribution < 1.29 is 0 Å². The van der Waals surface area contributed by atoms with Crippen LogP contribution in [0.15, 0.2) is 12.1 Å². The average molecular weight is 296 g/mol. The molecule has 0 aliphatic heterocycles. The zero-order valence-corrected chi connectivity index (χ0v) is 12.8. The minimum Gasteiger partial charge on any atom is -0.379 e. The second kappa shape index (κ2) is 5.25. The summed E-state index contributed by atoms with van der Waals surface area (Å²) in [7, 11) is 0. The van der Waals surface area contributed by atoms with Crippen LogP contribution in [0.3, 0.4) is 0 Å². The van der Waals surface area contributed by atoms with E-state index < -0.39 is 0 Å². The lowest BCUT2D eigenvalue weighted by Crippen LogP contribution is -2.30. The van der Waals surface area contributed by atoms with Gasteiger partial charge >= 0.3 is 0 Å². The molecular weight excluding hydrogens is 278 g/mol. The molecule has 2 aromatic rings. The van der Waals surface area contributed by atoms with Crippen molar-refractivity contribution in [2.24, 2.45) is 11.8 Å². The molecular formula is C14H18ClN3S. The highest BCUT2D eigenvalue weighted by molar-refractivity contribution is 7.00. The lowest BCUT2D eigenvalue weighted by Gasteiger charge is -2.32. The number of benzene rings is 1. The molecule has 0 spiro atoms. The lowest BCUT2D eigenvalue weighted by molar-refractivity contribution is 0.281. The molecule has 1 fully saturated rings. The largest absolute Gasteiger partial charge is 0.379 e. The molecule has 1 saturated carbocycles. The topological polar surface area (TPSA) is 37.8 Å². The fourth-order valence-electron chi connectivity index (χ4n) is 3.23. The van der Waals surface area contributed by atoms with Gasteiger partial charge in [-0.25, -0.2) is 0 Å². The third-order valence-electron chi connectivity index (χ3n) is 3.90. The van der Waals surface area contributed by atoms with Gasteiger partial charge < -0.3 is 5.32 Å². The van der Waals surface area contributed by atoms with Crippen LogP contribution in [-0.2, 0) is 0 Å². The van der Waals surface area contributed by atoms with E-state index in [-0.39, 0.29) is 0 Å². The monoisotopic (exact) mass is 295 g/mol. The molecule has 5 heteroatoms. The summed E-state index contributed by atoms with van der Waals surface area (Å²) < 4.78 is 8.64. The molecule has 1 aliphatic rings. The van der Waals surface area contributed by atoms with Crippen molar-refractivity contribution in [3.05, 3.63) is 17.2 Å². The van der Waals surface area contributed by atoms with Crippen molar-refractivity contribution in [1.82, 2.24) is 8.75 Å². The van der Waals surface area contributed by atoms with E-state index in [2.05, 4.69) is 27.9 Å². The number of halogens is 1. The fraction of sp³-hybridized carbons (Fsp3) is 0.571. The van der Waals surface area contributed by atoms with Crippen LogP contribution >= 0.6 is 23.3 Å². The Kier molecular flexibility index (Phi) is 3.63. The molecule has 1 N–H and O–H groups in total. The highest BCUT2D eigenvalue weighted by Gasteiger charge is 2.25. The number of rotatable bonds is 2. The normalized spacial score (nSPS) is 27.6. The summed E-state index contributed by atoms with van der Waals surface area (Å²) in [5.41, 5.74) is 2.79. The number of aromatic nitrogens is 2. The Morgan fingerprint density at radius 1 is 1.16 bits per heavy atom. The van der Waals surface area contributed by atoms with Gasteiger partial charge in [-0.3, -0.25) is 0 Å². The Morgan fingerprint density at radius 2 is 1.89 bits per heavy atom. The summed E-state index contributed by atoms with van der Waals surface area (Å²) in [6.07, 6.45) is 3.73. The van der Waals surface area contributed by atoms with Gasteiger partial charge in [0, 0.05) is 6.04 Å². The van der Waals surface area contributed by atoms with Gasteiger partial charge in [0.1, 0.15) is 11.0 Å². The van der Waals surface area contributed by atoms with Gasteiger partial charge in [-0.1, -0.05) is 25.4 Å². The molecule has 19 heavy (non-hydrogen) atoms. The number of hydrogen-bond acceptors (Lipinski definition) is 4. The van der Waals surface area contributed by atoms with Crippen molar-refractivity contribution >= 4 is 40.0 Å². The first-order chi connectivity index (χ1) is 9.13. The number of anilines is 1. The summed E-state index contributed by atoms with van der Waals surface area (Å²) in [6.45, 7) is 4.66. The zero-order valence-electron chi connectivity index (χ0n) is 11.2. The number of hydrogen-bond donors (Lipinski definition) is 1. The predicted molar refractivity (Wildman–Crippen MR) is 82.0 cm³/mol. The van der Waals surface area contributed by atoms with Gasteiger partial charge in [-0.05, 0) is 43.2 Å². The van der Waals surface area contributed by atoms with E-state index in [0.717, 1.165) is 33.6 Å². The van der Waals surface area contributed by atoms with E-state index in [4.69, 9.17) is 11.6 Å². The number of nitrogens with zero attached hydrogens (tertiary/aromatic N) is 2. The van der Waals surface area contributed by atoms with E-state index >= 15 is 0 Å². The van der Waals surface area contributed by atoms with Crippen LogP contribution in [0.25, 0.3) is 11.0 Å². The lowest BCUT2D eigenvalue weighted by atomic mass is 9.80. The summed E-state index contributed by atoms with van der Waals surface area (Å²) in [4.78, 5) is 0. The molecule has 1 aromatic carbocycles. The Bertz CT molecular complexity index is 573. The van der Waals surface area contributed by atoms with Crippen LogP contribution in [0.2, 0.25) is 5.02 Å². The minimum absolute atomic E-state index is 0.489. The fourth-order valence-corrected chi connectivity index (χ4v) is 3.98. The second-order valence-electron chi connectivity index (χ2n) is 5.81. The third kappa shape index (κ3) is 2.70. The van der Waals surface area contributed by atoms with Crippen LogP contribution in [0.4, 0.5) is 5.69 Å². The summed E-state index contributed by atoms with van der Waals surface area (Å²) in [5.74, 6) is 1.54. The molecule has 1 aliphatic carbocycles. The Balaban J connectivity index is 1.88. The van der Waals surface area contributed by atoms with Gasteiger partial charge in [-0.2, -0.15) is 8.75 Å². The van der Waals surface area contributed by atoms with Crippen molar-refractivity contribution in [3.8, 4) is 0 Å². The molecule has 0 saturated heterocycles. The first-order valence-corrected chi connectivity index (χ1v) is 7.91. The van der Waals surface area contributed by atoms with Crippen LogP contribution < -0.4 is 5.32 Å². The maximum absolute atomic E-state index is 6.33. The molecule has 0 radical (unpaired) electrons. The van der Waals surface area contributed by atoms with Gasteiger partial charge in [0.15, 0.2) is 0 Å². The van der Waals surface area contributed by atoms with Crippen LogP contribution in [-0.4, -0.2) is 14.8 Å². The van der Waals surface area contributed by atoms with E-state index in [9.17, 15) is 0 Å². The molecule has 102 valence electrons. The molecule has 2 unspecified atom stereocenters. The average Bonchev–Trinajstić information content (AvgIpc) is 2.80. The molecule has 1 aromatic heterocycles. The maximum atomic E-state index is 6.33. The van der Waals surface area contributed by atoms with Crippen LogP contribution in [0, 0.1) is 11.8 Å². The Hall–Kier alpha value is -0.870. The number of nitrogens with one attached hydrogen (secondary N) is 1. The van der Waals surface area contributed by atoms with Crippen molar-refractivity contribution in [2.45, 2.75) is 39.2 Å².